The van der Waals surface area contributed by atoms with E-state index >= 15 is 0 Å². The number of hydrazone groups is 1. The second kappa shape index (κ2) is 4.96. The summed E-state index contributed by atoms with van der Waals surface area (Å²) in [5, 5.41) is 3.71. The summed E-state index contributed by atoms with van der Waals surface area (Å²) >= 11 is 0. The summed E-state index contributed by atoms with van der Waals surface area (Å²) in [4.78, 5) is 12.6. The van der Waals surface area contributed by atoms with Crippen molar-refractivity contribution < 1.29 is 17.6 Å². The van der Waals surface area contributed by atoms with Crippen LogP contribution in [-0.4, -0.2) is 37.5 Å². The first kappa shape index (κ1) is 13.5. The lowest BCUT2D eigenvalue weighted by atomic mass is 10.4. The van der Waals surface area contributed by atoms with Gasteiger partial charge in [-0.15, -0.1) is 0 Å². The van der Waals surface area contributed by atoms with Gasteiger partial charge in [0.05, 0.1) is 17.2 Å². The van der Waals surface area contributed by atoms with E-state index in [1.807, 2.05) is 0 Å². The Hall–Kier alpha value is -1.96. The van der Waals surface area contributed by atoms with Gasteiger partial charge in [0, 0.05) is 0 Å². The topological polar surface area (TPSA) is 78.8 Å². The maximum Gasteiger partial charge on any atom is 0.339 e. The Labute approximate surface area is 109 Å². The molecule has 1 heterocycles. The lowest BCUT2D eigenvalue weighted by Gasteiger charge is -2.25. The van der Waals surface area contributed by atoms with Gasteiger partial charge in [0.1, 0.15) is 11.7 Å². The van der Waals surface area contributed by atoms with Crippen LogP contribution in [0.5, 0.6) is 0 Å². The summed E-state index contributed by atoms with van der Waals surface area (Å²) in [7, 11) is -3.69. The molecule has 19 heavy (non-hydrogen) atoms. The lowest BCUT2D eigenvalue weighted by molar-refractivity contribution is 0.209. The molecule has 0 spiro atoms. The minimum absolute atomic E-state index is 0.0261. The van der Waals surface area contributed by atoms with Gasteiger partial charge in [0.15, 0.2) is 9.84 Å². The van der Waals surface area contributed by atoms with Crippen molar-refractivity contribution in [2.75, 3.05) is 12.4 Å². The van der Waals surface area contributed by atoms with Crippen LogP contribution in [0.4, 0.5) is 9.18 Å². The van der Waals surface area contributed by atoms with Crippen molar-refractivity contribution in [1.82, 2.24) is 10.3 Å². The molecule has 1 aliphatic rings. The lowest BCUT2D eigenvalue weighted by Crippen LogP contribution is -2.47. The summed E-state index contributed by atoms with van der Waals surface area (Å²) in [5.41, 5.74) is 2.82. The fraction of sp³-hybridized carbons (Fsp3) is 0.273. The molecule has 6 nitrogen and oxygen atoms in total. The van der Waals surface area contributed by atoms with Gasteiger partial charge in [-0.1, -0.05) is 0 Å². The molecule has 1 aromatic rings. The van der Waals surface area contributed by atoms with Crippen molar-refractivity contribution in [2.45, 2.75) is 11.8 Å². The number of hydrogen-bond donors (Lipinski definition) is 1. The molecule has 0 unspecified atom stereocenters. The largest absolute Gasteiger partial charge is 0.339 e. The van der Waals surface area contributed by atoms with Crippen LogP contribution in [0.1, 0.15) is 6.92 Å². The van der Waals surface area contributed by atoms with Crippen LogP contribution >= 0.6 is 0 Å². The van der Waals surface area contributed by atoms with Crippen molar-refractivity contribution in [2.24, 2.45) is 5.10 Å². The van der Waals surface area contributed by atoms with Gasteiger partial charge in [-0.2, -0.15) is 5.10 Å². The monoisotopic (exact) mass is 285 g/mol. The van der Waals surface area contributed by atoms with Crippen LogP contribution in [0.2, 0.25) is 0 Å². The predicted molar refractivity (Wildman–Crippen MR) is 66.8 cm³/mol. The Bertz CT molecular complexity index is 625. The van der Waals surface area contributed by atoms with Gasteiger partial charge in [0.2, 0.25) is 0 Å². The molecule has 0 atom stereocenters. The fourth-order valence-electron chi connectivity index (χ4n) is 1.62. The number of nitrogens with zero attached hydrogens (tertiary/aromatic N) is 2. The standard InChI is InChI=1S/C11H12FN3O3S/c1-8-6-15(11(16)14-13-8)7-19(17,18)10-4-2-9(12)3-5-10/h2-5H,6-7H2,1H3,(H,14,16). The average Bonchev–Trinajstić information content (AvgIpc) is 2.34. The number of sulfone groups is 1. The first-order valence-electron chi connectivity index (χ1n) is 5.45. The highest BCUT2D eigenvalue weighted by Crippen LogP contribution is 2.14. The Balaban J connectivity index is 2.20. The minimum Gasteiger partial charge on any atom is -0.303 e. The zero-order chi connectivity index (χ0) is 14.0. The number of urea groups is 1. The molecule has 2 amide bonds. The molecule has 2 rings (SSSR count). The minimum atomic E-state index is -3.69. The maximum absolute atomic E-state index is 12.8. The van der Waals surface area contributed by atoms with Crippen molar-refractivity contribution in [3.05, 3.63) is 30.1 Å². The van der Waals surface area contributed by atoms with Crippen molar-refractivity contribution in [3.63, 3.8) is 0 Å². The molecule has 0 saturated heterocycles. The molecular formula is C11H12FN3O3S. The molecule has 0 aromatic heterocycles. The van der Waals surface area contributed by atoms with E-state index in [1.54, 1.807) is 6.92 Å². The van der Waals surface area contributed by atoms with Gasteiger partial charge in [-0.3, -0.25) is 0 Å². The summed E-state index contributed by atoms with van der Waals surface area (Å²) in [6.45, 7) is 1.82. The first-order valence-corrected chi connectivity index (χ1v) is 7.10. The zero-order valence-electron chi connectivity index (χ0n) is 10.1. The number of carbonyl (C=O) groups is 1. The smallest absolute Gasteiger partial charge is 0.303 e. The molecule has 0 saturated carbocycles. The van der Waals surface area contributed by atoms with E-state index in [4.69, 9.17) is 0 Å². The third kappa shape index (κ3) is 3.08. The van der Waals surface area contributed by atoms with Crippen LogP contribution in [0.3, 0.4) is 0 Å². The van der Waals surface area contributed by atoms with Crippen LogP contribution in [0.15, 0.2) is 34.3 Å². The number of nitrogens with one attached hydrogen (secondary N) is 1. The average molecular weight is 285 g/mol. The Morgan fingerprint density at radius 3 is 2.63 bits per heavy atom. The van der Waals surface area contributed by atoms with E-state index in [2.05, 4.69) is 10.5 Å². The third-order valence-corrected chi connectivity index (χ3v) is 4.19. The van der Waals surface area contributed by atoms with Crippen molar-refractivity contribution >= 4 is 21.6 Å². The summed E-state index contributed by atoms with van der Waals surface area (Å²) in [6, 6.07) is 3.91. The third-order valence-electron chi connectivity index (χ3n) is 2.55. The highest BCUT2D eigenvalue weighted by molar-refractivity contribution is 7.91. The molecule has 8 heteroatoms. The molecule has 102 valence electrons. The van der Waals surface area contributed by atoms with Gasteiger partial charge < -0.3 is 4.90 Å². The molecule has 1 aliphatic heterocycles. The number of halogens is 1. The van der Waals surface area contributed by atoms with Crippen molar-refractivity contribution in [3.8, 4) is 0 Å². The number of hydrogen-bond acceptors (Lipinski definition) is 4. The summed E-state index contributed by atoms with van der Waals surface area (Å²) in [5.74, 6) is -0.991. The van der Waals surface area contributed by atoms with Crippen LogP contribution in [0, 0.1) is 5.82 Å². The number of amides is 2. The second-order valence-corrected chi connectivity index (χ2v) is 6.12. The van der Waals surface area contributed by atoms with E-state index in [1.165, 1.54) is 12.1 Å². The number of benzene rings is 1. The summed E-state index contributed by atoms with van der Waals surface area (Å²) < 4.78 is 36.9. The van der Waals surface area contributed by atoms with Crippen molar-refractivity contribution in [1.29, 1.82) is 0 Å². The molecule has 0 fully saturated rings. The van der Waals surface area contributed by atoms with Crippen LogP contribution in [-0.2, 0) is 9.84 Å². The molecule has 0 bridgehead atoms. The predicted octanol–water partition coefficient (Wildman–Crippen LogP) is 0.958. The second-order valence-electron chi connectivity index (χ2n) is 4.16. The fourth-order valence-corrected chi connectivity index (χ4v) is 2.94. The normalized spacial score (nSPS) is 16.0. The van der Waals surface area contributed by atoms with E-state index in [0.717, 1.165) is 17.0 Å². The number of rotatable bonds is 3. The van der Waals surface area contributed by atoms with Gasteiger partial charge in [-0.25, -0.2) is 23.0 Å². The van der Waals surface area contributed by atoms with Crippen LogP contribution < -0.4 is 5.43 Å². The van der Waals surface area contributed by atoms with E-state index in [9.17, 15) is 17.6 Å². The maximum atomic E-state index is 12.8. The first-order chi connectivity index (χ1) is 8.88. The highest BCUT2D eigenvalue weighted by Gasteiger charge is 2.25. The Kier molecular flexibility index (Phi) is 3.52. The van der Waals surface area contributed by atoms with Gasteiger partial charge in [0.25, 0.3) is 0 Å². The van der Waals surface area contributed by atoms with E-state index in [0.29, 0.717) is 5.71 Å². The molecule has 1 aromatic carbocycles. The van der Waals surface area contributed by atoms with Gasteiger partial charge in [-0.05, 0) is 31.2 Å². The van der Waals surface area contributed by atoms with Crippen LogP contribution in [0.25, 0.3) is 0 Å². The Morgan fingerprint density at radius 2 is 2.00 bits per heavy atom. The molecule has 0 radical (unpaired) electrons. The SMILES string of the molecule is CC1=NNC(=O)N(CS(=O)(=O)c2ccc(F)cc2)C1. The molecule has 0 aliphatic carbocycles. The highest BCUT2D eigenvalue weighted by atomic mass is 32.2. The quantitative estimate of drug-likeness (QED) is 0.840. The number of carbonyl (C=O) groups excluding carboxylic acids is 1. The molecule has 1 N–H and O–H groups in total. The Morgan fingerprint density at radius 1 is 1.37 bits per heavy atom. The molecular weight excluding hydrogens is 273 g/mol. The van der Waals surface area contributed by atoms with Gasteiger partial charge >= 0.3 is 6.03 Å². The summed E-state index contributed by atoms with van der Waals surface area (Å²) in [6.07, 6.45) is 0. The van der Waals surface area contributed by atoms with E-state index < -0.39 is 27.6 Å². The van der Waals surface area contributed by atoms with E-state index in [-0.39, 0.29) is 11.4 Å². The zero-order valence-corrected chi connectivity index (χ0v) is 10.9.